The summed E-state index contributed by atoms with van der Waals surface area (Å²) >= 11 is 0. The molecule has 0 aliphatic heterocycles. The van der Waals surface area contributed by atoms with E-state index in [-0.39, 0.29) is 35.8 Å². The van der Waals surface area contributed by atoms with Gasteiger partial charge in [-0.25, -0.2) is 4.68 Å². The van der Waals surface area contributed by atoms with E-state index >= 15 is 0 Å². The van der Waals surface area contributed by atoms with Crippen molar-refractivity contribution in [2.45, 2.75) is 32.4 Å². The minimum Gasteiger partial charge on any atom is -0.330 e. The van der Waals surface area contributed by atoms with Gasteiger partial charge in [-0.15, -0.1) is 12.4 Å². The second-order valence-electron chi connectivity index (χ2n) is 6.65. The molecule has 0 spiro atoms. The van der Waals surface area contributed by atoms with Gasteiger partial charge >= 0.3 is 6.18 Å². The van der Waals surface area contributed by atoms with Crippen LogP contribution in [0.15, 0.2) is 30.3 Å². The lowest BCUT2D eigenvalue weighted by atomic mass is 9.95. The molecule has 1 aromatic heterocycles. The Bertz CT molecular complexity index is 806. The van der Waals surface area contributed by atoms with Crippen LogP contribution in [-0.4, -0.2) is 22.2 Å². The van der Waals surface area contributed by atoms with Crippen molar-refractivity contribution in [2.75, 3.05) is 11.9 Å². The fourth-order valence-corrected chi connectivity index (χ4v) is 3.48. The van der Waals surface area contributed by atoms with Crippen molar-refractivity contribution in [1.29, 1.82) is 0 Å². The Labute approximate surface area is 161 Å². The van der Waals surface area contributed by atoms with Crippen LogP contribution in [0.1, 0.15) is 30.5 Å². The summed E-state index contributed by atoms with van der Waals surface area (Å²) in [6, 6.07) is 6.51. The summed E-state index contributed by atoms with van der Waals surface area (Å²) in [5.41, 5.74) is 5.81. The monoisotopic (exact) mass is 402 g/mol. The molecule has 1 aromatic carbocycles. The maximum absolute atomic E-state index is 13.0. The third-order valence-corrected chi connectivity index (χ3v) is 4.80. The van der Waals surface area contributed by atoms with Crippen molar-refractivity contribution in [2.24, 2.45) is 17.6 Å². The van der Waals surface area contributed by atoms with Gasteiger partial charge in [0.1, 0.15) is 5.82 Å². The maximum Gasteiger partial charge on any atom is 0.416 e. The fraction of sp³-hybridized carbons (Fsp3) is 0.444. The molecule has 2 aromatic rings. The highest BCUT2D eigenvalue weighted by Crippen LogP contribution is 2.33. The molecule has 0 bridgehead atoms. The number of rotatable bonds is 4. The molecule has 1 heterocycles. The number of hydrogen-bond acceptors (Lipinski definition) is 3. The summed E-state index contributed by atoms with van der Waals surface area (Å²) in [4.78, 5) is 12.6. The molecule has 148 valence electrons. The predicted molar refractivity (Wildman–Crippen MR) is 99.1 cm³/mol. The molecule has 0 unspecified atom stereocenters. The van der Waals surface area contributed by atoms with Gasteiger partial charge in [0.15, 0.2) is 0 Å². The highest BCUT2D eigenvalue weighted by atomic mass is 35.5. The molecule has 1 fully saturated rings. The molecular formula is C18H22ClF3N4O. The van der Waals surface area contributed by atoms with Crippen LogP contribution in [-0.2, 0) is 11.0 Å². The number of aromatic nitrogens is 2. The average molecular weight is 403 g/mol. The van der Waals surface area contributed by atoms with Gasteiger partial charge in [-0.2, -0.15) is 18.3 Å². The van der Waals surface area contributed by atoms with Crippen LogP contribution in [0.3, 0.4) is 0 Å². The van der Waals surface area contributed by atoms with Gasteiger partial charge < -0.3 is 11.1 Å². The van der Waals surface area contributed by atoms with Gasteiger partial charge in [0.25, 0.3) is 0 Å². The number of carbonyl (C=O) groups excluding carboxylic acids is 1. The van der Waals surface area contributed by atoms with Gasteiger partial charge in [0, 0.05) is 12.0 Å². The molecule has 27 heavy (non-hydrogen) atoms. The summed E-state index contributed by atoms with van der Waals surface area (Å²) in [6.45, 7) is 2.17. The van der Waals surface area contributed by atoms with Crippen molar-refractivity contribution < 1.29 is 18.0 Å². The first-order valence-corrected chi connectivity index (χ1v) is 8.55. The highest BCUT2D eigenvalue weighted by Gasteiger charge is 2.33. The second kappa shape index (κ2) is 8.31. The van der Waals surface area contributed by atoms with Crippen LogP contribution >= 0.6 is 12.4 Å². The lowest BCUT2D eigenvalue weighted by Gasteiger charge is -2.18. The van der Waals surface area contributed by atoms with Gasteiger partial charge in [0.2, 0.25) is 5.91 Å². The quantitative estimate of drug-likeness (QED) is 0.813. The van der Waals surface area contributed by atoms with Crippen molar-refractivity contribution in [3.8, 4) is 5.69 Å². The van der Waals surface area contributed by atoms with E-state index < -0.39 is 11.7 Å². The summed E-state index contributed by atoms with van der Waals surface area (Å²) in [6.07, 6.45) is -1.81. The van der Waals surface area contributed by atoms with Crippen molar-refractivity contribution >= 4 is 24.1 Å². The molecule has 2 atom stereocenters. The van der Waals surface area contributed by atoms with E-state index in [0.717, 1.165) is 31.4 Å². The van der Waals surface area contributed by atoms with Crippen molar-refractivity contribution in [3.05, 3.63) is 41.6 Å². The summed E-state index contributed by atoms with van der Waals surface area (Å²) in [5.74, 6) is 0.159. The molecule has 1 aliphatic carbocycles. The van der Waals surface area contributed by atoms with Gasteiger partial charge in [0.05, 0.1) is 16.9 Å². The topological polar surface area (TPSA) is 72.9 Å². The van der Waals surface area contributed by atoms with E-state index in [1.165, 1.54) is 16.8 Å². The molecule has 0 saturated heterocycles. The number of carbonyl (C=O) groups is 1. The number of halogens is 4. The van der Waals surface area contributed by atoms with Crippen LogP contribution in [0.2, 0.25) is 0 Å². The lowest BCUT2D eigenvalue weighted by molar-refractivity contribution is -0.137. The normalized spacial score (nSPS) is 19.6. The Balaban J connectivity index is 0.00000261. The van der Waals surface area contributed by atoms with Gasteiger partial charge in [-0.1, -0.05) is 12.5 Å². The molecule has 0 radical (unpaired) electrons. The maximum atomic E-state index is 13.0. The van der Waals surface area contributed by atoms with E-state index in [1.54, 1.807) is 13.0 Å². The first kappa shape index (κ1) is 21.2. The van der Waals surface area contributed by atoms with E-state index in [4.69, 9.17) is 5.73 Å². The Morgan fingerprint density at radius 3 is 2.74 bits per heavy atom. The third kappa shape index (κ3) is 4.62. The Morgan fingerprint density at radius 2 is 2.07 bits per heavy atom. The molecule has 1 aliphatic rings. The first-order valence-electron chi connectivity index (χ1n) is 8.55. The highest BCUT2D eigenvalue weighted by molar-refractivity contribution is 5.92. The largest absolute Gasteiger partial charge is 0.416 e. The molecule has 3 rings (SSSR count). The number of aryl methyl sites for hydroxylation is 1. The van der Waals surface area contributed by atoms with Gasteiger partial charge in [-0.3, -0.25) is 4.79 Å². The van der Waals surface area contributed by atoms with Crippen LogP contribution in [0.25, 0.3) is 5.69 Å². The Hall–Kier alpha value is -2.06. The van der Waals surface area contributed by atoms with E-state index in [2.05, 4.69) is 10.4 Å². The van der Waals surface area contributed by atoms with Crippen molar-refractivity contribution in [1.82, 2.24) is 9.78 Å². The number of hydrogen-bond donors (Lipinski definition) is 2. The summed E-state index contributed by atoms with van der Waals surface area (Å²) in [5, 5.41) is 7.05. The van der Waals surface area contributed by atoms with Crippen LogP contribution in [0.4, 0.5) is 19.0 Å². The van der Waals surface area contributed by atoms with Gasteiger partial charge in [-0.05, 0) is 50.4 Å². The van der Waals surface area contributed by atoms with E-state index in [9.17, 15) is 18.0 Å². The fourth-order valence-electron chi connectivity index (χ4n) is 3.48. The molecule has 1 saturated carbocycles. The minimum absolute atomic E-state index is 0. The number of nitrogens with zero attached hydrogens (tertiary/aromatic N) is 2. The van der Waals surface area contributed by atoms with Crippen LogP contribution in [0.5, 0.6) is 0 Å². The van der Waals surface area contributed by atoms with E-state index in [0.29, 0.717) is 18.1 Å². The zero-order chi connectivity index (χ0) is 18.9. The predicted octanol–water partition coefficient (Wildman–Crippen LogP) is 3.93. The van der Waals surface area contributed by atoms with E-state index in [1.807, 2.05) is 0 Å². The summed E-state index contributed by atoms with van der Waals surface area (Å²) < 4.78 is 40.3. The average Bonchev–Trinajstić information content (AvgIpc) is 3.20. The molecule has 9 heteroatoms. The van der Waals surface area contributed by atoms with Crippen molar-refractivity contribution in [3.63, 3.8) is 0 Å². The summed E-state index contributed by atoms with van der Waals surface area (Å²) in [7, 11) is 0. The Kier molecular flexibility index (Phi) is 6.54. The number of benzene rings is 1. The van der Waals surface area contributed by atoms with Crippen LogP contribution < -0.4 is 11.1 Å². The number of alkyl halides is 3. The lowest BCUT2D eigenvalue weighted by Crippen LogP contribution is -2.30. The first-order chi connectivity index (χ1) is 12.3. The standard InChI is InChI=1S/C18H21F3N4O.ClH/c1-11-8-16(23-17(26)15-7-2-4-12(15)10-22)25(24-11)14-6-3-5-13(9-14)18(19,20)21;/h3,5-6,8-9,12,15H,2,4,7,10,22H2,1H3,(H,23,26);1H/t12-,15-;/m1./s1. The zero-order valence-electron chi connectivity index (χ0n) is 14.8. The number of amides is 1. The molecule has 3 N–H and O–H groups in total. The third-order valence-electron chi connectivity index (χ3n) is 4.80. The van der Waals surface area contributed by atoms with Crippen LogP contribution in [0, 0.1) is 18.8 Å². The molecule has 1 amide bonds. The second-order valence-corrected chi connectivity index (χ2v) is 6.65. The number of nitrogens with one attached hydrogen (secondary N) is 1. The Morgan fingerprint density at radius 1 is 1.33 bits per heavy atom. The minimum atomic E-state index is -4.44. The molecular weight excluding hydrogens is 381 g/mol. The zero-order valence-corrected chi connectivity index (χ0v) is 15.6. The molecule has 5 nitrogen and oxygen atoms in total. The smallest absolute Gasteiger partial charge is 0.330 e. The number of nitrogens with two attached hydrogens (primary N) is 1. The SMILES string of the molecule is Cc1cc(NC(=O)[C@@H]2CCC[C@@H]2CN)n(-c2cccc(C(F)(F)F)c2)n1.Cl. The number of anilines is 1.